The first kappa shape index (κ1) is 32.0. The lowest BCUT2D eigenvalue weighted by Gasteiger charge is -2.23. The van der Waals surface area contributed by atoms with Crippen molar-refractivity contribution in [2.75, 3.05) is 13.6 Å². The van der Waals surface area contributed by atoms with Gasteiger partial charge < -0.3 is 10.2 Å². The molecular weight excluding hydrogens is 611 g/mol. The van der Waals surface area contributed by atoms with Crippen LogP contribution in [-0.4, -0.2) is 48.7 Å². The highest BCUT2D eigenvalue weighted by molar-refractivity contribution is 6.48. The number of amides is 2. The molecule has 38 heavy (non-hydrogen) atoms. The van der Waals surface area contributed by atoms with Crippen molar-refractivity contribution in [3.63, 3.8) is 0 Å². The average molecular weight is 628 g/mol. The highest BCUT2D eigenvalue weighted by Crippen LogP contribution is 2.42. The number of nitrogens with one attached hydrogen (secondary N) is 1. The number of nitrogens with zero attached hydrogens (tertiary/aromatic N) is 1. The van der Waals surface area contributed by atoms with Gasteiger partial charge in [-0.15, -0.1) is 0 Å². The van der Waals surface area contributed by atoms with Gasteiger partial charge in [0.05, 0.1) is 25.7 Å². The maximum absolute atomic E-state index is 14.9. The summed E-state index contributed by atoms with van der Waals surface area (Å²) >= 11 is 23.4. The molecule has 0 aliphatic heterocycles. The van der Waals surface area contributed by atoms with Crippen LogP contribution in [0.2, 0.25) is 20.1 Å². The summed E-state index contributed by atoms with van der Waals surface area (Å²) in [6, 6.07) is 3.23. The van der Waals surface area contributed by atoms with E-state index in [2.05, 4.69) is 5.32 Å². The molecule has 2 rings (SSSR count). The molecule has 0 fully saturated rings. The van der Waals surface area contributed by atoms with Crippen LogP contribution in [0.15, 0.2) is 36.4 Å². The predicted molar refractivity (Wildman–Crippen MR) is 131 cm³/mol. The number of alkyl halides is 6. The molecule has 0 bridgehead atoms. The Morgan fingerprint density at radius 1 is 0.974 bits per heavy atom. The van der Waals surface area contributed by atoms with Crippen LogP contribution in [0, 0.1) is 0 Å². The van der Waals surface area contributed by atoms with E-state index in [1.807, 2.05) is 0 Å². The minimum atomic E-state index is -4.95. The van der Waals surface area contributed by atoms with Crippen LogP contribution < -0.4 is 5.32 Å². The molecule has 2 aromatic carbocycles. The van der Waals surface area contributed by atoms with Gasteiger partial charge in [0.25, 0.3) is 5.91 Å². The number of likely N-dealkylation sites (N-methyl/N-ethyl adjacent to an activating group) is 1. The Morgan fingerprint density at radius 3 is 2.00 bits per heavy atom. The fraction of sp³-hybridized carbons (Fsp3) is 0.304. The lowest BCUT2D eigenvalue weighted by molar-refractivity contribution is -0.159. The van der Waals surface area contributed by atoms with Crippen molar-refractivity contribution in [3.05, 3.63) is 73.2 Å². The summed E-state index contributed by atoms with van der Waals surface area (Å²) in [5, 5.41) is 1.05. The predicted octanol–water partition coefficient (Wildman–Crippen LogP) is 8.10. The van der Waals surface area contributed by atoms with E-state index in [1.54, 1.807) is 0 Å². The molecule has 0 radical (unpaired) electrons. The highest BCUT2D eigenvalue weighted by Gasteiger charge is 2.40. The second kappa shape index (κ2) is 12.3. The lowest BCUT2D eigenvalue weighted by atomic mass is 9.96. The van der Waals surface area contributed by atoms with Crippen molar-refractivity contribution in [2.45, 2.75) is 31.2 Å². The first-order chi connectivity index (χ1) is 17.3. The molecule has 208 valence electrons. The number of allylic oxidation sites excluding steroid dienone is 1. The highest BCUT2D eigenvalue weighted by atomic mass is 35.5. The van der Waals surface area contributed by atoms with Gasteiger partial charge in [-0.2, -0.15) is 26.3 Å². The minimum absolute atomic E-state index is 0.175. The molecule has 0 saturated carbocycles. The normalized spacial score (nSPS) is 14.2. The van der Waals surface area contributed by atoms with E-state index < -0.39 is 64.6 Å². The van der Waals surface area contributed by atoms with Crippen molar-refractivity contribution < 1.29 is 40.3 Å². The van der Waals surface area contributed by atoms with E-state index in [1.165, 1.54) is 0 Å². The molecule has 0 saturated heterocycles. The van der Waals surface area contributed by atoms with Crippen molar-refractivity contribution in [1.82, 2.24) is 10.2 Å². The SMILES string of the molecule is C[C@@H](NC(=O)c1ccc(/C(F)=C/C(c2cc(Cl)c(Cl)c(Cl)c2)C(F)(F)F)cc1Cl)C(=O)N(C)CC(F)(F)F. The summed E-state index contributed by atoms with van der Waals surface area (Å²) in [7, 11) is 0.898. The number of halogens is 11. The zero-order valence-corrected chi connectivity index (χ0v) is 22.3. The Kier molecular flexibility index (Phi) is 10.4. The van der Waals surface area contributed by atoms with Crippen LogP contribution in [0.25, 0.3) is 5.83 Å². The quantitative estimate of drug-likeness (QED) is 0.249. The molecule has 2 amide bonds. The largest absolute Gasteiger partial charge is 0.406 e. The number of hydrogen-bond acceptors (Lipinski definition) is 2. The first-order valence-electron chi connectivity index (χ1n) is 10.3. The van der Waals surface area contributed by atoms with Gasteiger partial charge >= 0.3 is 12.4 Å². The maximum atomic E-state index is 14.9. The van der Waals surface area contributed by atoms with Gasteiger partial charge in [-0.3, -0.25) is 9.59 Å². The van der Waals surface area contributed by atoms with Crippen LogP contribution in [0.1, 0.15) is 34.3 Å². The Balaban J connectivity index is 2.29. The third-order valence-electron chi connectivity index (χ3n) is 5.03. The summed E-state index contributed by atoms with van der Waals surface area (Å²) < 4.78 is 93.6. The number of hydrogen-bond donors (Lipinski definition) is 1. The zero-order valence-electron chi connectivity index (χ0n) is 19.2. The Hall–Kier alpha value is -2.21. The van der Waals surface area contributed by atoms with Gasteiger partial charge in [-0.1, -0.05) is 52.5 Å². The molecule has 1 unspecified atom stereocenters. The Labute approximate surface area is 232 Å². The monoisotopic (exact) mass is 626 g/mol. The van der Waals surface area contributed by atoms with Gasteiger partial charge in [-0.05, 0) is 42.8 Å². The fourth-order valence-corrected chi connectivity index (χ4v) is 4.12. The fourth-order valence-electron chi connectivity index (χ4n) is 3.24. The van der Waals surface area contributed by atoms with E-state index in [-0.39, 0.29) is 26.7 Å². The summed E-state index contributed by atoms with van der Waals surface area (Å²) in [5.41, 5.74) is -1.20. The van der Waals surface area contributed by atoms with E-state index >= 15 is 0 Å². The van der Waals surface area contributed by atoms with Crippen LogP contribution in [0.5, 0.6) is 0 Å². The maximum Gasteiger partial charge on any atom is 0.406 e. The minimum Gasteiger partial charge on any atom is -0.340 e. The van der Waals surface area contributed by atoms with Gasteiger partial charge in [0.1, 0.15) is 24.3 Å². The van der Waals surface area contributed by atoms with Crippen LogP contribution >= 0.6 is 46.4 Å². The first-order valence-corrected chi connectivity index (χ1v) is 11.8. The summed E-state index contributed by atoms with van der Waals surface area (Å²) in [5.74, 6) is -5.85. The van der Waals surface area contributed by atoms with Gasteiger partial charge in [0, 0.05) is 12.6 Å². The Morgan fingerprint density at radius 2 is 1.53 bits per heavy atom. The number of carbonyl (C=O) groups excluding carboxylic acids is 2. The van der Waals surface area contributed by atoms with E-state index in [4.69, 9.17) is 46.4 Å². The van der Waals surface area contributed by atoms with Crippen molar-refractivity contribution >= 4 is 64.0 Å². The molecule has 15 heteroatoms. The van der Waals surface area contributed by atoms with Crippen molar-refractivity contribution in [3.8, 4) is 0 Å². The smallest absolute Gasteiger partial charge is 0.340 e. The number of rotatable bonds is 7. The summed E-state index contributed by atoms with van der Waals surface area (Å²) in [6.07, 6.45) is -9.34. The second-order valence-corrected chi connectivity index (χ2v) is 9.63. The standard InChI is InChI=1S/C23H17Cl4F7N2O2/c1-10(21(38)36(2)9-22(29,30)31)35-20(37)13-4-3-11(5-15(13)24)18(28)8-14(23(32,33)34)12-6-16(25)19(27)17(26)7-12/h3-8,10,14H,9H2,1-2H3,(H,35,37)/b18-8-/t10-,14?/m1/s1. The van der Waals surface area contributed by atoms with Crippen molar-refractivity contribution in [1.29, 1.82) is 0 Å². The second-order valence-electron chi connectivity index (χ2n) is 8.03. The molecule has 2 aromatic rings. The molecule has 0 aliphatic rings. The van der Waals surface area contributed by atoms with Crippen molar-refractivity contribution in [2.24, 2.45) is 0 Å². The topological polar surface area (TPSA) is 49.4 Å². The van der Waals surface area contributed by atoms with Crippen LogP contribution in [0.3, 0.4) is 0 Å². The van der Waals surface area contributed by atoms with Crippen LogP contribution in [-0.2, 0) is 4.79 Å². The number of carbonyl (C=O) groups is 2. The molecule has 1 N–H and O–H groups in total. The summed E-state index contributed by atoms with van der Waals surface area (Å²) in [4.78, 5) is 24.9. The molecule has 0 aromatic heterocycles. The molecule has 4 nitrogen and oxygen atoms in total. The molecule has 2 atom stereocenters. The Bertz CT molecular complexity index is 1230. The molecule has 0 aliphatic carbocycles. The van der Waals surface area contributed by atoms with Gasteiger partial charge in [0.2, 0.25) is 5.91 Å². The molecule has 0 spiro atoms. The van der Waals surface area contributed by atoms with E-state index in [9.17, 15) is 40.3 Å². The third kappa shape index (κ3) is 8.39. The number of benzene rings is 2. The third-order valence-corrected chi connectivity index (χ3v) is 6.54. The molecular formula is C23H17Cl4F7N2O2. The van der Waals surface area contributed by atoms with Gasteiger partial charge in [-0.25, -0.2) is 4.39 Å². The zero-order chi connectivity index (χ0) is 29.2. The lowest BCUT2D eigenvalue weighted by Crippen LogP contribution is -2.48. The molecule has 0 heterocycles. The van der Waals surface area contributed by atoms with E-state index in [0.29, 0.717) is 4.90 Å². The van der Waals surface area contributed by atoms with Gasteiger partial charge in [0.15, 0.2) is 0 Å². The summed E-state index contributed by atoms with van der Waals surface area (Å²) in [6.45, 7) is -0.398. The van der Waals surface area contributed by atoms with Crippen LogP contribution in [0.4, 0.5) is 30.7 Å². The van der Waals surface area contributed by atoms with E-state index in [0.717, 1.165) is 44.3 Å². The average Bonchev–Trinajstić information content (AvgIpc) is 2.77.